The van der Waals surface area contributed by atoms with Gasteiger partial charge in [-0.3, -0.25) is 9.69 Å². The summed E-state index contributed by atoms with van der Waals surface area (Å²) >= 11 is 3.39. The van der Waals surface area contributed by atoms with Crippen LogP contribution in [0.25, 0.3) is 0 Å². The molecule has 0 unspecified atom stereocenters. The molecular formula is C13H17BrN2O2. The Morgan fingerprint density at radius 2 is 2.17 bits per heavy atom. The van der Waals surface area contributed by atoms with Gasteiger partial charge in [-0.25, -0.2) is 0 Å². The van der Waals surface area contributed by atoms with Crippen LogP contribution in [0.15, 0.2) is 28.7 Å². The smallest absolute Gasteiger partial charge is 0.241 e. The van der Waals surface area contributed by atoms with Crippen molar-refractivity contribution in [1.82, 2.24) is 4.90 Å². The topological polar surface area (TPSA) is 41.6 Å². The van der Waals surface area contributed by atoms with E-state index >= 15 is 0 Å². The first-order valence-corrected chi connectivity index (χ1v) is 6.84. The lowest BCUT2D eigenvalue weighted by molar-refractivity contribution is -0.122. The van der Waals surface area contributed by atoms with Crippen LogP contribution >= 0.6 is 15.9 Å². The third-order valence-corrected chi connectivity index (χ3v) is 3.56. The molecular weight excluding hydrogens is 296 g/mol. The molecule has 0 saturated carbocycles. The molecule has 2 rings (SSSR count). The van der Waals surface area contributed by atoms with Crippen LogP contribution in [0.4, 0.5) is 5.69 Å². The number of nitrogens with zero attached hydrogens (tertiary/aromatic N) is 1. The maximum atomic E-state index is 12.1. The minimum absolute atomic E-state index is 0.0231. The van der Waals surface area contributed by atoms with Crippen molar-refractivity contribution in [2.24, 2.45) is 0 Å². The average Bonchev–Trinajstić information content (AvgIpc) is 2.39. The molecule has 1 aliphatic rings. The minimum Gasteiger partial charge on any atom is -0.379 e. The number of carbonyl (C=O) groups excluding carboxylic acids is 1. The van der Waals surface area contributed by atoms with Crippen molar-refractivity contribution in [1.29, 1.82) is 0 Å². The summed E-state index contributed by atoms with van der Waals surface area (Å²) < 4.78 is 6.24. The van der Waals surface area contributed by atoms with Gasteiger partial charge in [0, 0.05) is 23.2 Å². The van der Waals surface area contributed by atoms with Crippen molar-refractivity contribution in [3.8, 4) is 0 Å². The predicted octanol–water partition coefficient (Wildman–Crippen LogP) is 2.11. The van der Waals surface area contributed by atoms with Crippen LogP contribution in [-0.4, -0.2) is 43.2 Å². The molecule has 1 amide bonds. The molecule has 1 aromatic rings. The Bertz CT molecular complexity index is 419. The van der Waals surface area contributed by atoms with Gasteiger partial charge in [0.05, 0.1) is 19.3 Å². The van der Waals surface area contributed by atoms with Gasteiger partial charge >= 0.3 is 0 Å². The Morgan fingerprint density at radius 3 is 2.83 bits per heavy atom. The first-order valence-electron chi connectivity index (χ1n) is 6.05. The molecule has 1 saturated heterocycles. The van der Waals surface area contributed by atoms with Crippen molar-refractivity contribution in [3.63, 3.8) is 0 Å². The minimum atomic E-state index is -0.132. The Labute approximate surface area is 115 Å². The highest BCUT2D eigenvalue weighted by Gasteiger charge is 2.22. The molecule has 1 atom stereocenters. The first-order chi connectivity index (χ1) is 8.66. The summed E-state index contributed by atoms with van der Waals surface area (Å²) in [5, 5.41) is 2.93. The number of halogens is 1. The molecule has 5 heteroatoms. The second-order valence-electron chi connectivity index (χ2n) is 4.32. The molecule has 0 spiro atoms. The predicted molar refractivity (Wildman–Crippen MR) is 74.6 cm³/mol. The molecule has 1 aromatic carbocycles. The number of benzene rings is 1. The molecule has 1 fully saturated rings. The second kappa shape index (κ2) is 6.31. The summed E-state index contributed by atoms with van der Waals surface area (Å²) in [6.45, 7) is 4.96. The van der Waals surface area contributed by atoms with Crippen molar-refractivity contribution in [2.45, 2.75) is 13.0 Å². The summed E-state index contributed by atoms with van der Waals surface area (Å²) in [7, 11) is 0. The van der Waals surface area contributed by atoms with Crippen LogP contribution < -0.4 is 5.32 Å². The van der Waals surface area contributed by atoms with Gasteiger partial charge in [0.1, 0.15) is 0 Å². The SMILES string of the molecule is C[C@H](C(=O)Nc1cccc(Br)c1)N1CCOCC1. The van der Waals surface area contributed by atoms with Crippen LogP contribution in [0.5, 0.6) is 0 Å². The highest BCUT2D eigenvalue weighted by atomic mass is 79.9. The van der Waals surface area contributed by atoms with Gasteiger partial charge in [-0.05, 0) is 25.1 Å². The van der Waals surface area contributed by atoms with Crippen molar-refractivity contribution in [3.05, 3.63) is 28.7 Å². The lowest BCUT2D eigenvalue weighted by Gasteiger charge is -2.31. The van der Waals surface area contributed by atoms with E-state index in [4.69, 9.17) is 4.74 Å². The highest BCUT2D eigenvalue weighted by Crippen LogP contribution is 2.16. The van der Waals surface area contributed by atoms with E-state index in [-0.39, 0.29) is 11.9 Å². The number of nitrogens with one attached hydrogen (secondary N) is 1. The number of carbonyl (C=O) groups is 1. The zero-order valence-electron chi connectivity index (χ0n) is 10.4. The van der Waals surface area contributed by atoms with Crippen LogP contribution in [0.2, 0.25) is 0 Å². The molecule has 0 bridgehead atoms. The first kappa shape index (κ1) is 13.5. The lowest BCUT2D eigenvalue weighted by Crippen LogP contribution is -2.47. The molecule has 98 valence electrons. The second-order valence-corrected chi connectivity index (χ2v) is 5.24. The van der Waals surface area contributed by atoms with Gasteiger partial charge in [0.25, 0.3) is 0 Å². The van der Waals surface area contributed by atoms with E-state index in [1.165, 1.54) is 0 Å². The number of amides is 1. The van der Waals surface area contributed by atoms with Crippen molar-refractivity contribution in [2.75, 3.05) is 31.6 Å². The molecule has 18 heavy (non-hydrogen) atoms. The van der Waals surface area contributed by atoms with Crippen molar-refractivity contribution >= 4 is 27.5 Å². The Hall–Kier alpha value is -0.910. The van der Waals surface area contributed by atoms with E-state index in [0.29, 0.717) is 13.2 Å². The number of ether oxygens (including phenoxy) is 1. The Morgan fingerprint density at radius 1 is 1.44 bits per heavy atom. The number of anilines is 1. The summed E-state index contributed by atoms with van der Waals surface area (Å²) in [5.41, 5.74) is 0.814. The molecule has 0 aromatic heterocycles. The van der Waals surface area contributed by atoms with E-state index in [2.05, 4.69) is 26.1 Å². The summed E-state index contributed by atoms with van der Waals surface area (Å²) in [5.74, 6) is 0.0231. The van der Waals surface area contributed by atoms with E-state index in [1.54, 1.807) is 0 Å². The molecule has 1 heterocycles. The van der Waals surface area contributed by atoms with Gasteiger partial charge in [-0.15, -0.1) is 0 Å². The van der Waals surface area contributed by atoms with Gasteiger partial charge in [-0.2, -0.15) is 0 Å². The summed E-state index contributed by atoms with van der Waals surface area (Å²) in [4.78, 5) is 14.2. The molecule has 1 N–H and O–H groups in total. The van der Waals surface area contributed by atoms with Crippen LogP contribution in [-0.2, 0) is 9.53 Å². The fraction of sp³-hybridized carbons (Fsp3) is 0.462. The molecule has 1 aliphatic heterocycles. The maximum Gasteiger partial charge on any atom is 0.241 e. The fourth-order valence-corrected chi connectivity index (χ4v) is 2.34. The van der Waals surface area contributed by atoms with E-state index in [9.17, 15) is 4.79 Å². The third kappa shape index (κ3) is 3.54. The molecule has 4 nitrogen and oxygen atoms in total. The third-order valence-electron chi connectivity index (χ3n) is 3.06. The number of hydrogen-bond acceptors (Lipinski definition) is 3. The standard InChI is InChI=1S/C13H17BrN2O2/c1-10(16-5-7-18-8-6-16)13(17)15-12-4-2-3-11(14)9-12/h2-4,9-10H,5-8H2,1H3,(H,15,17)/t10-/m1/s1. The quantitative estimate of drug-likeness (QED) is 0.929. The van der Waals surface area contributed by atoms with Crippen LogP contribution in [0, 0.1) is 0 Å². The largest absolute Gasteiger partial charge is 0.379 e. The average molecular weight is 313 g/mol. The van der Waals surface area contributed by atoms with Gasteiger partial charge in [-0.1, -0.05) is 22.0 Å². The number of hydrogen-bond donors (Lipinski definition) is 1. The fourth-order valence-electron chi connectivity index (χ4n) is 1.94. The van der Waals surface area contributed by atoms with Gasteiger partial charge in [0.2, 0.25) is 5.91 Å². The van der Waals surface area contributed by atoms with Crippen LogP contribution in [0.1, 0.15) is 6.92 Å². The zero-order chi connectivity index (χ0) is 13.0. The molecule has 0 aliphatic carbocycles. The normalized spacial score (nSPS) is 18.3. The zero-order valence-corrected chi connectivity index (χ0v) is 11.9. The van der Waals surface area contributed by atoms with Gasteiger partial charge in [0.15, 0.2) is 0 Å². The Balaban J connectivity index is 1.94. The highest BCUT2D eigenvalue weighted by molar-refractivity contribution is 9.10. The Kier molecular flexibility index (Phi) is 4.74. The van der Waals surface area contributed by atoms with E-state index in [1.807, 2.05) is 31.2 Å². The lowest BCUT2D eigenvalue weighted by atomic mass is 10.2. The van der Waals surface area contributed by atoms with Gasteiger partial charge < -0.3 is 10.1 Å². The van der Waals surface area contributed by atoms with Crippen molar-refractivity contribution < 1.29 is 9.53 Å². The molecule has 0 radical (unpaired) electrons. The monoisotopic (exact) mass is 312 g/mol. The number of morpholine rings is 1. The van der Waals surface area contributed by atoms with Crippen LogP contribution in [0.3, 0.4) is 0 Å². The summed E-state index contributed by atoms with van der Waals surface area (Å²) in [6.07, 6.45) is 0. The number of rotatable bonds is 3. The maximum absolute atomic E-state index is 12.1. The van der Waals surface area contributed by atoms with E-state index in [0.717, 1.165) is 23.2 Å². The summed E-state index contributed by atoms with van der Waals surface area (Å²) in [6, 6.07) is 7.48. The van der Waals surface area contributed by atoms with E-state index < -0.39 is 0 Å².